The standard InChI is InChI=1S/C15H16N2O2S2/c18-21(19,14-2-1-11-8-16-9-13(11)7-14)17-5-3-15-12(10-17)4-6-20-15/h1-2,4,6-7,16H,3,5,8-10H2. The van der Waals surface area contributed by atoms with Gasteiger partial charge >= 0.3 is 0 Å². The predicted octanol–water partition coefficient (Wildman–Crippen LogP) is 2.10. The maximum atomic E-state index is 12.8. The number of benzene rings is 1. The molecule has 2 aromatic rings. The average Bonchev–Trinajstić information content (AvgIpc) is 3.14. The van der Waals surface area contributed by atoms with Gasteiger partial charge < -0.3 is 5.32 Å². The van der Waals surface area contributed by atoms with E-state index in [0.717, 1.165) is 30.6 Å². The molecule has 0 saturated carbocycles. The first kappa shape index (κ1) is 13.5. The van der Waals surface area contributed by atoms with E-state index >= 15 is 0 Å². The van der Waals surface area contributed by atoms with Crippen LogP contribution in [0.25, 0.3) is 0 Å². The normalized spacial score (nSPS) is 18.5. The van der Waals surface area contributed by atoms with E-state index in [1.165, 1.54) is 10.4 Å². The first-order chi connectivity index (χ1) is 10.1. The lowest BCUT2D eigenvalue weighted by Crippen LogP contribution is -2.35. The van der Waals surface area contributed by atoms with Crippen LogP contribution in [0.5, 0.6) is 0 Å². The molecule has 1 aromatic carbocycles. The monoisotopic (exact) mass is 320 g/mol. The van der Waals surface area contributed by atoms with Crippen LogP contribution in [0.15, 0.2) is 34.5 Å². The summed E-state index contributed by atoms with van der Waals surface area (Å²) in [5.41, 5.74) is 3.45. The highest BCUT2D eigenvalue weighted by Crippen LogP contribution is 2.29. The summed E-state index contributed by atoms with van der Waals surface area (Å²) in [5.74, 6) is 0. The smallest absolute Gasteiger partial charge is 0.243 e. The Bertz CT molecular complexity index is 796. The van der Waals surface area contributed by atoms with Crippen molar-refractivity contribution in [2.24, 2.45) is 0 Å². The van der Waals surface area contributed by atoms with Crippen molar-refractivity contribution in [3.05, 3.63) is 51.2 Å². The van der Waals surface area contributed by atoms with E-state index in [2.05, 4.69) is 5.32 Å². The Labute approximate surface area is 128 Å². The molecule has 4 rings (SSSR count). The Hall–Kier alpha value is -1.21. The van der Waals surface area contributed by atoms with E-state index in [1.54, 1.807) is 21.7 Å². The molecule has 1 N–H and O–H groups in total. The highest BCUT2D eigenvalue weighted by molar-refractivity contribution is 7.89. The third kappa shape index (κ3) is 2.23. The Morgan fingerprint density at radius 1 is 1.10 bits per heavy atom. The first-order valence-corrected chi connectivity index (χ1v) is 9.34. The second-order valence-electron chi connectivity index (χ2n) is 5.49. The SMILES string of the molecule is O=S(=O)(c1ccc2c(c1)CNC2)N1CCc2sccc2C1. The molecule has 0 atom stereocenters. The van der Waals surface area contributed by atoms with Gasteiger partial charge in [-0.3, -0.25) is 0 Å². The molecule has 0 aliphatic carbocycles. The topological polar surface area (TPSA) is 49.4 Å². The minimum Gasteiger partial charge on any atom is -0.309 e. The van der Waals surface area contributed by atoms with E-state index in [-0.39, 0.29) is 0 Å². The summed E-state index contributed by atoms with van der Waals surface area (Å²) >= 11 is 1.72. The van der Waals surface area contributed by atoms with Crippen molar-refractivity contribution in [3.63, 3.8) is 0 Å². The molecule has 2 aliphatic heterocycles. The molecule has 6 heteroatoms. The predicted molar refractivity (Wildman–Crippen MR) is 82.6 cm³/mol. The van der Waals surface area contributed by atoms with Crippen molar-refractivity contribution >= 4 is 21.4 Å². The molecule has 0 bridgehead atoms. The molecule has 110 valence electrons. The first-order valence-electron chi connectivity index (χ1n) is 7.02. The molecule has 1 aromatic heterocycles. The average molecular weight is 320 g/mol. The van der Waals surface area contributed by atoms with E-state index in [0.29, 0.717) is 18.0 Å². The molecule has 2 aliphatic rings. The van der Waals surface area contributed by atoms with Gasteiger partial charge in [0.25, 0.3) is 0 Å². The second-order valence-corrected chi connectivity index (χ2v) is 8.43. The summed E-state index contributed by atoms with van der Waals surface area (Å²) in [7, 11) is -3.39. The van der Waals surface area contributed by atoms with Crippen LogP contribution < -0.4 is 5.32 Å². The number of fused-ring (bicyclic) bond motifs is 2. The summed E-state index contributed by atoms with van der Waals surface area (Å²) in [6.45, 7) is 2.66. The molecule has 0 unspecified atom stereocenters. The highest BCUT2D eigenvalue weighted by Gasteiger charge is 2.29. The minimum atomic E-state index is -3.39. The van der Waals surface area contributed by atoms with E-state index in [9.17, 15) is 8.42 Å². The maximum absolute atomic E-state index is 12.8. The van der Waals surface area contributed by atoms with Crippen molar-refractivity contribution in [2.45, 2.75) is 31.0 Å². The Kier molecular flexibility index (Phi) is 3.15. The fourth-order valence-corrected chi connectivity index (χ4v) is 5.37. The summed E-state index contributed by atoms with van der Waals surface area (Å²) in [6, 6.07) is 7.54. The number of nitrogens with zero attached hydrogens (tertiary/aromatic N) is 1. The molecule has 4 nitrogen and oxygen atoms in total. The summed E-state index contributed by atoms with van der Waals surface area (Å²) in [5, 5.41) is 5.29. The van der Waals surface area contributed by atoms with Crippen molar-refractivity contribution in [2.75, 3.05) is 6.54 Å². The van der Waals surface area contributed by atoms with Gasteiger partial charge in [0.05, 0.1) is 4.90 Å². The number of hydrogen-bond acceptors (Lipinski definition) is 4. The highest BCUT2D eigenvalue weighted by atomic mass is 32.2. The van der Waals surface area contributed by atoms with E-state index in [4.69, 9.17) is 0 Å². The van der Waals surface area contributed by atoms with Gasteiger partial charge in [0.2, 0.25) is 10.0 Å². The van der Waals surface area contributed by atoms with Gasteiger partial charge in [-0.1, -0.05) is 6.07 Å². The third-order valence-electron chi connectivity index (χ3n) is 4.22. The molecule has 0 saturated heterocycles. The maximum Gasteiger partial charge on any atom is 0.243 e. The quantitative estimate of drug-likeness (QED) is 0.922. The molecular weight excluding hydrogens is 304 g/mol. The minimum absolute atomic E-state index is 0.420. The molecule has 21 heavy (non-hydrogen) atoms. The number of rotatable bonds is 2. The van der Waals surface area contributed by atoms with Crippen LogP contribution in [-0.2, 0) is 36.1 Å². The van der Waals surface area contributed by atoms with Gasteiger partial charge in [-0.15, -0.1) is 11.3 Å². The van der Waals surface area contributed by atoms with E-state index in [1.807, 2.05) is 23.6 Å². The molecular formula is C15H16N2O2S2. The Morgan fingerprint density at radius 3 is 2.86 bits per heavy atom. The summed E-state index contributed by atoms with van der Waals surface area (Å²) < 4.78 is 27.3. The Balaban J connectivity index is 1.68. The van der Waals surface area contributed by atoms with Gasteiger partial charge in [-0.25, -0.2) is 8.42 Å². The third-order valence-corrected chi connectivity index (χ3v) is 7.08. The van der Waals surface area contributed by atoms with Gasteiger partial charge in [-0.2, -0.15) is 4.31 Å². The molecule has 0 radical (unpaired) electrons. The van der Waals surface area contributed by atoms with E-state index < -0.39 is 10.0 Å². The van der Waals surface area contributed by atoms with Crippen molar-refractivity contribution in [1.82, 2.24) is 9.62 Å². The van der Waals surface area contributed by atoms with Crippen LogP contribution in [0.4, 0.5) is 0 Å². The zero-order valence-electron chi connectivity index (χ0n) is 11.5. The van der Waals surface area contributed by atoms with Crippen molar-refractivity contribution < 1.29 is 8.42 Å². The van der Waals surface area contributed by atoms with Gasteiger partial charge in [0.15, 0.2) is 0 Å². The Morgan fingerprint density at radius 2 is 1.95 bits per heavy atom. The summed E-state index contributed by atoms with van der Waals surface area (Å²) in [6.07, 6.45) is 0.818. The van der Waals surface area contributed by atoms with Crippen LogP contribution in [0, 0.1) is 0 Å². The number of thiophene rings is 1. The summed E-state index contributed by atoms with van der Waals surface area (Å²) in [4.78, 5) is 1.74. The van der Waals surface area contributed by atoms with Gasteiger partial charge in [0, 0.05) is 31.1 Å². The zero-order valence-corrected chi connectivity index (χ0v) is 13.1. The van der Waals surface area contributed by atoms with Crippen LogP contribution >= 0.6 is 11.3 Å². The van der Waals surface area contributed by atoms with Crippen LogP contribution in [0.2, 0.25) is 0 Å². The fourth-order valence-electron chi connectivity index (χ4n) is 3.01. The lowest BCUT2D eigenvalue weighted by molar-refractivity contribution is 0.394. The number of nitrogens with one attached hydrogen (secondary N) is 1. The van der Waals surface area contributed by atoms with Crippen LogP contribution in [0.1, 0.15) is 21.6 Å². The van der Waals surface area contributed by atoms with Crippen molar-refractivity contribution in [1.29, 1.82) is 0 Å². The lowest BCUT2D eigenvalue weighted by Gasteiger charge is -2.26. The van der Waals surface area contributed by atoms with Crippen LogP contribution in [0.3, 0.4) is 0 Å². The van der Waals surface area contributed by atoms with Crippen LogP contribution in [-0.4, -0.2) is 19.3 Å². The van der Waals surface area contributed by atoms with Gasteiger partial charge in [0.1, 0.15) is 0 Å². The largest absolute Gasteiger partial charge is 0.309 e. The molecule has 0 amide bonds. The zero-order chi connectivity index (χ0) is 14.4. The molecule has 3 heterocycles. The second kappa shape index (κ2) is 4.91. The molecule has 0 spiro atoms. The number of hydrogen-bond donors (Lipinski definition) is 1. The van der Waals surface area contributed by atoms with Gasteiger partial charge in [-0.05, 0) is 46.7 Å². The van der Waals surface area contributed by atoms with Crippen molar-refractivity contribution in [3.8, 4) is 0 Å². The number of sulfonamides is 1. The lowest BCUT2D eigenvalue weighted by atomic mass is 10.1. The fraction of sp³-hybridized carbons (Fsp3) is 0.333. The molecule has 0 fully saturated rings.